The summed E-state index contributed by atoms with van der Waals surface area (Å²) in [7, 11) is 0. The number of hydrogen-bond acceptors (Lipinski definition) is 3. The van der Waals surface area contributed by atoms with E-state index in [0.717, 1.165) is 0 Å². The highest BCUT2D eigenvalue weighted by molar-refractivity contribution is 5.85. The third-order valence-electron chi connectivity index (χ3n) is 3.30. The van der Waals surface area contributed by atoms with Gasteiger partial charge in [-0.15, -0.1) is 12.4 Å². The van der Waals surface area contributed by atoms with Crippen molar-refractivity contribution in [3.63, 3.8) is 0 Å². The molecule has 2 aliphatic carbocycles. The molecule has 0 heterocycles. The summed E-state index contributed by atoms with van der Waals surface area (Å²) in [6, 6.07) is 0.675. The van der Waals surface area contributed by atoms with Crippen LogP contribution in [0.2, 0.25) is 0 Å². The van der Waals surface area contributed by atoms with Crippen molar-refractivity contribution >= 4 is 12.4 Å². The third-order valence-corrected chi connectivity index (χ3v) is 3.30. The van der Waals surface area contributed by atoms with Crippen LogP contribution in [0.25, 0.3) is 0 Å². The number of aliphatic hydroxyl groups excluding tert-OH is 1. The number of aliphatic hydroxyl groups is 1. The van der Waals surface area contributed by atoms with Crippen LogP contribution >= 0.6 is 12.4 Å². The van der Waals surface area contributed by atoms with Gasteiger partial charge in [0.1, 0.15) is 0 Å². The molecule has 0 spiro atoms. The maximum Gasteiger partial charge on any atom is 0.0897 e. The Hall–Kier alpha value is 0.170. The first-order chi connectivity index (χ1) is 7.34. The highest BCUT2D eigenvalue weighted by Gasteiger charge is 2.22. The Morgan fingerprint density at radius 1 is 1.12 bits per heavy atom. The lowest BCUT2D eigenvalue weighted by atomic mass is 9.98. The van der Waals surface area contributed by atoms with Gasteiger partial charge < -0.3 is 15.2 Å². The fourth-order valence-electron chi connectivity index (χ4n) is 2.13. The van der Waals surface area contributed by atoms with Crippen LogP contribution in [0.15, 0.2) is 0 Å². The highest BCUT2D eigenvalue weighted by Crippen LogP contribution is 2.20. The molecule has 1 atom stereocenters. The average Bonchev–Trinajstić information content (AvgIpc) is 3.09. The summed E-state index contributed by atoms with van der Waals surface area (Å²) in [4.78, 5) is 0. The lowest BCUT2D eigenvalue weighted by Gasteiger charge is -2.23. The summed E-state index contributed by atoms with van der Waals surface area (Å²) in [5.74, 6) is 0. The van der Waals surface area contributed by atoms with E-state index in [1.54, 1.807) is 0 Å². The second kappa shape index (κ2) is 7.49. The molecule has 3 nitrogen and oxygen atoms in total. The summed E-state index contributed by atoms with van der Waals surface area (Å²) in [5.41, 5.74) is 0. The minimum Gasteiger partial charge on any atom is -0.389 e. The van der Waals surface area contributed by atoms with E-state index in [0.29, 0.717) is 25.3 Å². The number of nitrogens with one attached hydrogen (secondary N) is 1. The highest BCUT2D eigenvalue weighted by atomic mass is 35.5. The van der Waals surface area contributed by atoms with E-state index in [1.807, 2.05) is 0 Å². The molecule has 96 valence electrons. The van der Waals surface area contributed by atoms with Crippen LogP contribution in [0.5, 0.6) is 0 Å². The quantitative estimate of drug-likeness (QED) is 0.755. The summed E-state index contributed by atoms with van der Waals surface area (Å²) in [6.45, 7) is 1.20. The van der Waals surface area contributed by atoms with E-state index >= 15 is 0 Å². The van der Waals surface area contributed by atoms with Gasteiger partial charge in [-0.2, -0.15) is 0 Å². The van der Waals surface area contributed by atoms with E-state index in [4.69, 9.17) is 4.74 Å². The molecule has 16 heavy (non-hydrogen) atoms. The number of rotatable bonds is 6. The van der Waals surface area contributed by atoms with Crippen molar-refractivity contribution < 1.29 is 9.84 Å². The molecule has 4 heteroatoms. The smallest absolute Gasteiger partial charge is 0.0897 e. The van der Waals surface area contributed by atoms with E-state index in [9.17, 15) is 5.11 Å². The Kier molecular flexibility index (Phi) is 6.66. The van der Waals surface area contributed by atoms with Crippen LogP contribution < -0.4 is 5.32 Å². The monoisotopic (exact) mass is 249 g/mol. The number of halogens is 1. The maximum atomic E-state index is 9.67. The van der Waals surface area contributed by atoms with E-state index in [2.05, 4.69) is 5.32 Å². The van der Waals surface area contributed by atoms with Crippen molar-refractivity contribution in [1.29, 1.82) is 0 Å². The molecule has 0 bridgehead atoms. The zero-order valence-electron chi connectivity index (χ0n) is 9.86. The maximum absolute atomic E-state index is 9.67. The van der Waals surface area contributed by atoms with Crippen LogP contribution in [0, 0.1) is 0 Å². The molecule has 2 aliphatic rings. The van der Waals surface area contributed by atoms with Gasteiger partial charge in [-0.1, -0.05) is 19.3 Å². The van der Waals surface area contributed by atoms with Gasteiger partial charge in [0.25, 0.3) is 0 Å². The lowest BCUT2D eigenvalue weighted by Crippen LogP contribution is -2.33. The van der Waals surface area contributed by atoms with Gasteiger partial charge in [0, 0.05) is 12.6 Å². The van der Waals surface area contributed by atoms with Crippen LogP contribution in [0.1, 0.15) is 44.9 Å². The van der Waals surface area contributed by atoms with Gasteiger partial charge in [-0.05, 0) is 25.7 Å². The standard InChI is InChI=1S/C12H23NO2.ClH/c14-11(8-13-10-6-7-10)9-15-12-4-2-1-3-5-12;/h10-14H,1-9H2;1H. The van der Waals surface area contributed by atoms with Crippen molar-refractivity contribution in [2.24, 2.45) is 0 Å². The molecule has 2 saturated carbocycles. The Morgan fingerprint density at radius 3 is 2.44 bits per heavy atom. The second-order valence-electron chi connectivity index (χ2n) is 4.93. The van der Waals surface area contributed by atoms with Gasteiger partial charge in [0.2, 0.25) is 0 Å². The largest absolute Gasteiger partial charge is 0.389 e. The molecule has 1 unspecified atom stereocenters. The summed E-state index contributed by atoms with van der Waals surface area (Å²) in [5, 5.41) is 13.0. The molecule has 0 aromatic rings. The molecule has 2 N–H and O–H groups in total. The zero-order valence-corrected chi connectivity index (χ0v) is 10.7. The third kappa shape index (κ3) is 5.48. The SMILES string of the molecule is Cl.OC(CNC1CC1)COC1CCCCC1. The van der Waals surface area contributed by atoms with E-state index in [-0.39, 0.29) is 18.5 Å². The Bertz CT molecular complexity index is 182. The Balaban J connectivity index is 0.00000128. The summed E-state index contributed by atoms with van der Waals surface area (Å²) < 4.78 is 5.71. The fourth-order valence-corrected chi connectivity index (χ4v) is 2.13. The topological polar surface area (TPSA) is 41.5 Å². The van der Waals surface area contributed by atoms with Gasteiger partial charge >= 0.3 is 0 Å². The predicted molar refractivity (Wildman–Crippen MR) is 67.1 cm³/mol. The minimum atomic E-state index is -0.326. The molecule has 0 saturated heterocycles. The molecule has 2 rings (SSSR count). The lowest BCUT2D eigenvalue weighted by molar-refractivity contribution is -0.0230. The van der Waals surface area contributed by atoms with E-state index < -0.39 is 0 Å². The van der Waals surface area contributed by atoms with Crippen LogP contribution in [0.4, 0.5) is 0 Å². The minimum absolute atomic E-state index is 0. The van der Waals surface area contributed by atoms with Crippen molar-refractivity contribution in [2.45, 2.75) is 63.2 Å². The molecule has 2 fully saturated rings. The normalized spacial score (nSPS) is 23.8. The first kappa shape index (κ1) is 14.2. The molecule has 0 aliphatic heterocycles. The Labute approximate surface area is 104 Å². The molecular formula is C12H24ClNO2. The molecule has 0 aromatic heterocycles. The molecule has 0 amide bonds. The van der Waals surface area contributed by atoms with Crippen LogP contribution in [-0.4, -0.2) is 36.5 Å². The summed E-state index contributed by atoms with van der Waals surface area (Å²) >= 11 is 0. The Morgan fingerprint density at radius 2 is 1.81 bits per heavy atom. The number of ether oxygens (including phenoxy) is 1. The van der Waals surface area contributed by atoms with Crippen LogP contribution in [-0.2, 0) is 4.74 Å². The molecule has 0 aromatic carbocycles. The average molecular weight is 250 g/mol. The van der Waals surface area contributed by atoms with Crippen molar-refractivity contribution in [3.05, 3.63) is 0 Å². The van der Waals surface area contributed by atoms with Gasteiger partial charge in [-0.25, -0.2) is 0 Å². The van der Waals surface area contributed by atoms with Crippen molar-refractivity contribution in [2.75, 3.05) is 13.2 Å². The predicted octanol–water partition coefficient (Wildman–Crippen LogP) is 1.87. The van der Waals surface area contributed by atoms with Gasteiger partial charge in [0.15, 0.2) is 0 Å². The summed E-state index contributed by atoms with van der Waals surface area (Å²) in [6.07, 6.45) is 8.94. The van der Waals surface area contributed by atoms with Crippen molar-refractivity contribution in [1.82, 2.24) is 5.32 Å². The number of hydrogen-bond donors (Lipinski definition) is 2. The van der Waals surface area contributed by atoms with Gasteiger partial charge in [-0.3, -0.25) is 0 Å². The van der Waals surface area contributed by atoms with Gasteiger partial charge in [0.05, 0.1) is 18.8 Å². The van der Waals surface area contributed by atoms with E-state index in [1.165, 1.54) is 44.9 Å². The van der Waals surface area contributed by atoms with Crippen LogP contribution in [0.3, 0.4) is 0 Å². The molecular weight excluding hydrogens is 226 g/mol. The fraction of sp³-hybridized carbons (Fsp3) is 1.00. The molecule has 0 radical (unpaired) electrons. The zero-order chi connectivity index (χ0) is 10.5. The van der Waals surface area contributed by atoms with Crippen molar-refractivity contribution in [3.8, 4) is 0 Å². The first-order valence-corrected chi connectivity index (χ1v) is 6.37. The second-order valence-corrected chi connectivity index (χ2v) is 4.93. The first-order valence-electron chi connectivity index (χ1n) is 6.37.